The number of alkyl halides is 2. The summed E-state index contributed by atoms with van der Waals surface area (Å²) < 4.78 is 8.93. The number of halogens is 2. The Balaban J connectivity index is 2.05. The molecule has 0 saturated heterocycles. The Morgan fingerprint density at radius 1 is 1.23 bits per heavy atom. The van der Waals surface area contributed by atoms with Crippen molar-refractivity contribution in [1.82, 2.24) is 0 Å². The van der Waals surface area contributed by atoms with Crippen LogP contribution >= 0.6 is 34.5 Å². The maximum Gasteiger partial charge on any atom is 0.341 e. The highest BCUT2D eigenvalue weighted by molar-refractivity contribution is 7.17. The van der Waals surface area contributed by atoms with E-state index in [1.165, 1.54) is 11.3 Å². The predicted octanol–water partition coefficient (Wildman–Crippen LogP) is 3.86. The van der Waals surface area contributed by atoms with Gasteiger partial charge in [-0.05, 0) is 32.8 Å². The van der Waals surface area contributed by atoms with Gasteiger partial charge in [0.2, 0.25) is 0 Å². The van der Waals surface area contributed by atoms with E-state index in [9.17, 15) is 14.4 Å². The lowest BCUT2D eigenvalue weighted by Crippen LogP contribution is -2.27. The molecule has 9 heteroatoms. The number of ether oxygens (including phenoxy) is 2. The normalized spacial score (nSPS) is 20.4. The van der Waals surface area contributed by atoms with Crippen LogP contribution in [0.5, 0.6) is 0 Å². The summed E-state index contributed by atoms with van der Waals surface area (Å²) in [5.41, 5.74) is 0.118. The molecule has 1 aromatic rings. The van der Waals surface area contributed by atoms with Crippen LogP contribution in [0.1, 0.15) is 48.0 Å². The number of aryl methyl sites for hydroxylation is 1. The third-order valence-electron chi connectivity index (χ3n) is 4.34. The van der Waals surface area contributed by atoms with E-state index in [0.717, 1.165) is 16.9 Å². The van der Waals surface area contributed by atoms with Crippen LogP contribution in [0, 0.1) is 12.3 Å². The van der Waals surface area contributed by atoms with Gasteiger partial charge in [-0.1, -0.05) is 6.92 Å². The molecule has 1 saturated carbocycles. The second kappa shape index (κ2) is 7.74. The van der Waals surface area contributed by atoms with Crippen LogP contribution in [-0.2, 0) is 25.5 Å². The third-order valence-corrected chi connectivity index (χ3v) is 6.79. The van der Waals surface area contributed by atoms with Gasteiger partial charge in [0.1, 0.15) is 14.7 Å². The van der Waals surface area contributed by atoms with Gasteiger partial charge < -0.3 is 14.8 Å². The number of rotatable bonds is 7. The summed E-state index contributed by atoms with van der Waals surface area (Å²) >= 11 is 13.2. The lowest BCUT2D eigenvalue weighted by Gasteiger charge is -2.12. The van der Waals surface area contributed by atoms with Gasteiger partial charge in [-0.2, -0.15) is 0 Å². The molecular weight excluding hydrogens is 401 g/mol. The number of hydrogen-bond acceptors (Lipinski definition) is 6. The second-order valence-corrected chi connectivity index (χ2v) is 8.86. The molecule has 0 radical (unpaired) electrons. The molecule has 26 heavy (non-hydrogen) atoms. The highest BCUT2D eigenvalue weighted by Crippen LogP contribution is 2.64. The molecule has 2 rings (SSSR count). The zero-order valence-corrected chi connectivity index (χ0v) is 17.4. The molecule has 1 N–H and O–H groups in total. The Morgan fingerprint density at radius 3 is 2.35 bits per heavy atom. The SMILES string of the molecule is CCOC(=O)c1c(NC(=O)COC(=O)C2(C)CC2(Cl)Cl)sc(CC)c1C. The van der Waals surface area contributed by atoms with Crippen molar-refractivity contribution in [1.29, 1.82) is 0 Å². The first kappa shape index (κ1) is 21.0. The predicted molar refractivity (Wildman–Crippen MR) is 101 cm³/mol. The highest BCUT2D eigenvalue weighted by Gasteiger charge is 2.69. The molecule has 0 spiro atoms. The average molecular weight is 422 g/mol. The largest absolute Gasteiger partial charge is 0.462 e. The molecule has 1 heterocycles. The summed E-state index contributed by atoms with van der Waals surface area (Å²) in [6.45, 7) is 6.82. The number of amides is 1. The zero-order chi connectivity index (χ0) is 19.7. The Labute approximate surface area is 166 Å². The molecule has 144 valence electrons. The van der Waals surface area contributed by atoms with E-state index in [4.69, 9.17) is 32.7 Å². The van der Waals surface area contributed by atoms with Gasteiger partial charge >= 0.3 is 11.9 Å². The van der Waals surface area contributed by atoms with Crippen molar-refractivity contribution in [2.45, 2.75) is 44.9 Å². The molecule has 1 fully saturated rings. The smallest absolute Gasteiger partial charge is 0.341 e. The number of hydrogen-bond donors (Lipinski definition) is 1. The Morgan fingerprint density at radius 2 is 1.85 bits per heavy atom. The van der Waals surface area contributed by atoms with Crippen LogP contribution in [0.3, 0.4) is 0 Å². The quantitative estimate of drug-likeness (QED) is 0.533. The Bertz CT molecular complexity index is 746. The number of nitrogens with one attached hydrogen (secondary N) is 1. The van der Waals surface area contributed by atoms with E-state index < -0.39 is 34.2 Å². The van der Waals surface area contributed by atoms with E-state index >= 15 is 0 Å². The Kier molecular flexibility index (Phi) is 6.25. The van der Waals surface area contributed by atoms with Gasteiger partial charge in [0.25, 0.3) is 5.91 Å². The minimum Gasteiger partial charge on any atom is -0.462 e. The van der Waals surface area contributed by atoms with Crippen molar-refractivity contribution in [2.24, 2.45) is 5.41 Å². The van der Waals surface area contributed by atoms with Crippen molar-refractivity contribution in [3.63, 3.8) is 0 Å². The van der Waals surface area contributed by atoms with Crippen molar-refractivity contribution in [3.05, 3.63) is 16.0 Å². The number of carbonyl (C=O) groups excluding carboxylic acids is 3. The topological polar surface area (TPSA) is 81.7 Å². The molecule has 1 atom stereocenters. The lowest BCUT2D eigenvalue weighted by atomic mass is 10.1. The van der Waals surface area contributed by atoms with E-state index in [1.54, 1.807) is 13.8 Å². The van der Waals surface area contributed by atoms with Crippen LogP contribution in [0.15, 0.2) is 0 Å². The molecule has 1 aliphatic carbocycles. The van der Waals surface area contributed by atoms with Gasteiger partial charge in [-0.15, -0.1) is 34.5 Å². The fraction of sp³-hybridized carbons (Fsp3) is 0.588. The number of carbonyl (C=O) groups is 3. The summed E-state index contributed by atoms with van der Waals surface area (Å²) in [7, 11) is 0. The van der Waals surface area contributed by atoms with Crippen molar-refractivity contribution in [3.8, 4) is 0 Å². The first-order valence-corrected chi connectivity index (χ1v) is 9.79. The van der Waals surface area contributed by atoms with E-state index in [1.807, 2.05) is 13.8 Å². The molecule has 1 aliphatic rings. The molecule has 0 aromatic carbocycles. The third kappa shape index (κ3) is 4.00. The zero-order valence-electron chi connectivity index (χ0n) is 15.0. The molecule has 0 bridgehead atoms. The van der Waals surface area contributed by atoms with E-state index in [-0.39, 0.29) is 13.0 Å². The molecular formula is C17H21Cl2NO5S. The first-order valence-electron chi connectivity index (χ1n) is 8.21. The van der Waals surface area contributed by atoms with Crippen molar-refractivity contribution >= 4 is 57.4 Å². The molecule has 1 amide bonds. The van der Waals surface area contributed by atoms with Gasteiger partial charge in [0.15, 0.2) is 6.61 Å². The monoisotopic (exact) mass is 421 g/mol. The molecule has 1 unspecified atom stereocenters. The number of thiophene rings is 1. The summed E-state index contributed by atoms with van der Waals surface area (Å²) in [4.78, 5) is 37.4. The fourth-order valence-corrected chi connectivity index (χ4v) is 4.35. The van der Waals surface area contributed by atoms with Crippen LogP contribution in [-0.4, -0.2) is 35.4 Å². The summed E-state index contributed by atoms with van der Waals surface area (Å²) in [5.74, 6) is -1.67. The van der Waals surface area contributed by atoms with Crippen LogP contribution in [0.4, 0.5) is 5.00 Å². The average Bonchev–Trinajstić information content (AvgIpc) is 2.93. The maximum absolute atomic E-state index is 12.2. The minimum absolute atomic E-state index is 0.234. The second-order valence-electron chi connectivity index (χ2n) is 6.27. The Hall–Kier alpha value is -1.31. The van der Waals surface area contributed by atoms with Gasteiger partial charge in [-0.25, -0.2) is 4.79 Å². The standard InChI is InChI=1S/C17H21Cl2NO5S/c1-5-10-9(3)12(14(22)24-6-2)13(26-10)20-11(21)7-25-15(23)16(4)8-17(16,18)19/h5-8H2,1-4H3,(H,20,21). The molecule has 0 aliphatic heterocycles. The van der Waals surface area contributed by atoms with Crippen molar-refractivity contribution < 1.29 is 23.9 Å². The molecule has 1 aromatic heterocycles. The van der Waals surface area contributed by atoms with Crippen molar-refractivity contribution in [2.75, 3.05) is 18.5 Å². The first-order chi connectivity index (χ1) is 12.1. The van der Waals surface area contributed by atoms with Gasteiger partial charge in [-0.3, -0.25) is 9.59 Å². The summed E-state index contributed by atoms with van der Waals surface area (Å²) in [6, 6.07) is 0. The number of anilines is 1. The van der Waals surface area contributed by atoms with E-state index in [2.05, 4.69) is 5.32 Å². The van der Waals surface area contributed by atoms with Gasteiger partial charge in [0.05, 0.1) is 12.2 Å². The van der Waals surface area contributed by atoms with Crippen LogP contribution in [0.2, 0.25) is 0 Å². The van der Waals surface area contributed by atoms with Crippen LogP contribution < -0.4 is 5.32 Å². The molecule has 6 nitrogen and oxygen atoms in total. The van der Waals surface area contributed by atoms with Gasteiger partial charge in [0, 0.05) is 11.3 Å². The lowest BCUT2D eigenvalue weighted by molar-refractivity contribution is -0.152. The van der Waals surface area contributed by atoms with E-state index in [0.29, 0.717) is 10.6 Å². The summed E-state index contributed by atoms with van der Waals surface area (Å²) in [5, 5.41) is 3.02. The highest BCUT2D eigenvalue weighted by atomic mass is 35.5. The fourth-order valence-electron chi connectivity index (χ4n) is 2.51. The minimum atomic E-state index is -1.15. The number of esters is 2. The summed E-state index contributed by atoms with van der Waals surface area (Å²) in [6.07, 6.45) is 1.00. The maximum atomic E-state index is 12.2. The van der Waals surface area contributed by atoms with Crippen LogP contribution in [0.25, 0.3) is 0 Å².